The van der Waals surface area contributed by atoms with E-state index in [0.717, 1.165) is 63.1 Å². The van der Waals surface area contributed by atoms with Crippen LogP contribution in [0.5, 0.6) is 0 Å². The van der Waals surface area contributed by atoms with Crippen molar-refractivity contribution in [2.75, 3.05) is 19.6 Å². The van der Waals surface area contributed by atoms with Crippen LogP contribution in [0.3, 0.4) is 0 Å². The van der Waals surface area contributed by atoms with Crippen LogP contribution in [-0.4, -0.2) is 46.5 Å². The third-order valence-corrected chi connectivity index (χ3v) is 6.02. The van der Waals surface area contributed by atoms with Gasteiger partial charge in [0.2, 0.25) is 0 Å². The minimum absolute atomic E-state index is 0.150. The van der Waals surface area contributed by atoms with Gasteiger partial charge in [-0.1, -0.05) is 18.2 Å². The van der Waals surface area contributed by atoms with Gasteiger partial charge >= 0.3 is 0 Å². The smallest absolute Gasteiger partial charge is 0.253 e. The largest absolute Gasteiger partial charge is 0.339 e. The summed E-state index contributed by atoms with van der Waals surface area (Å²) in [5.41, 5.74) is 4.63. The summed E-state index contributed by atoms with van der Waals surface area (Å²) >= 11 is 0. The monoisotopic (exact) mass is 378 g/mol. The fourth-order valence-corrected chi connectivity index (χ4v) is 4.39. The Labute approximate surface area is 167 Å². The Morgan fingerprint density at radius 1 is 1.11 bits per heavy atom. The van der Waals surface area contributed by atoms with E-state index in [1.165, 1.54) is 29.8 Å². The molecule has 0 saturated carbocycles. The number of fused-ring (bicyclic) bond motifs is 1. The lowest BCUT2D eigenvalue weighted by atomic mass is 9.95. The summed E-state index contributed by atoms with van der Waals surface area (Å²) in [6, 6.07) is 10.1. The first-order chi connectivity index (χ1) is 13.7. The van der Waals surface area contributed by atoms with Gasteiger partial charge in [-0.25, -0.2) is 9.97 Å². The van der Waals surface area contributed by atoms with Crippen LogP contribution in [0.1, 0.15) is 58.8 Å². The molecule has 1 aromatic carbocycles. The first kappa shape index (κ1) is 19.1. The molecule has 0 radical (unpaired) electrons. The highest BCUT2D eigenvalue weighted by atomic mass is 16.2. The standard InChI is InChI=1S/C23H30N4O/c1-17-20-9-5-6-10-21(20)26-22(25-17)11-14-24-19-12-15-27(16-13-19)23(28)18-7-3-2-4-8-18/h2-4,7-8,19,24H,5-6,9-16H2,1H3. The van der Waals surface area contributed by atoms with Crippen molar-refractivity contribution in [1.82, 2.24) is 20.2 Å². The van der Waals surface area contributed by atoms with Crippen LogP contribution in [0, 0.1) is 6.92 Å². The van der Waals surface area contributed by atoms with Crippen molar-refractivity contribution < 1.29 is 4.79 Å². The Balaban J connectivity index is 1.24. The maximum absolute atomic E-state index is 12.5. The Bertz CT molecular complexity index is 813. The first-order valence-electron chi connectivity index (χ1n) is 10.6. The van der Waals surface area contributed by atoms with Crippen LogP contribution >= 0.6 is 0 Å². The number of likely N-dealkylation sites (tertiary alicyclic amines) is 1. The number of aryl methyl sites for hydroxylation is 2. The van der Waals surface area contributed by atoms with Gasteiger partial charge in [-0.2, -0.15) is 0 Å². The zero-order valence-corrected chi connectivity index (χ0v) is 16.8. The van der Waals surface area contributed by atoms with Crippen LogP contribution in [0.15, 0.2) is 30.3 Å². The Morgan fingerprint density at radius 3 is 2.64 bits per heavy atom. The molecule has 5 nitrogen and oxygen atoms in total. The third-order valence-electron chi connectivity index (χ3n) is 6.02. The number of piperidine rings is 1. The van der Waals surface area contributed by atoms with Crippen LogP contribution in [0.25, 0.3) is 0 Å². The fraction of sp³-hybridized carbons (Fsp3) is 0.522. The first-order valence-corrected chi connectivity index (χ1v) is 10.6. The van der Waals surface area contributed by atoms with E-state index in [4.69, 9.17) is 9.97 Å². The summed E-state index contributed by atoms with van der Waals surface area (Å²) in [6.07, 6.45) is 7.64. The quantitative estimate of drug-likeness (QED) is 0.869. The molecule has 1 saturated heterocycles. The summed E-state index contributed by atoms with van der Waals surface area (Å²) in [6.45, 7) is 4.66. The second-order valence-electron chi connectivity index (χ2n) is 7.99. The van der Waals surface area contributed by atoms with Gasteiger partial charge in [0, 0.05) is 49.0 Å². The van der Waals surface area contributed by atoms with Gasteiger partial charge < -0.3 is 10.2 Å². The lowest BCUT2D eigenvalue weighted by Gasteiger charge is -2.32. The van der Waals surface area contributed by atoms with Gasteiger partial charge in [0.25, 0.3) is 5.91 Å². The minimum Gasteiger partial charge on any atom is -0.339 e. The molecule has 5 heteroatoms. The number of nitrogens with one attached hydrogen (secondary N) is 1. The van der Waals surface area contributed by atoms with E-state index in [1.807, 2.05) is 35.2 Å². The predicted octanol–water partition coefficient (Wildman–Crippen LogP) is 3.10. The predicted molar refractivity (Wildman–Crippen MR) is 110 cm³/mol. The summed E-state index contributed by atoms with van der Waals surface area (Å²) in [4.78, 5) is 24.1. The number of benzene rings is 1. The number of hydrogen-bond acceptors (Lipinski definition) is 4. The molecule has 28 heavy (non-hydrogen) atoms. The van der Waals surface area contributed by atoms with Crippen molar-refractivity contribution in [3.05, 3.63) is 58.7 Å². The van der Waals surface area contributed by atoms with Crippen LogP contribution in [0.2, 0.25) is 0 Å². The highest BCUT2D eigenvalue weighted by Gasteiger charge is 2.23. The van der Waals surface area contributed by atoms with Gasteiger partial charge in [-0.3, -0.25) is 4.79 Å². The molecule has 2 heterocycles. The number of carbonyl (C=O) groups is 1. The molecule has 0 bridgehead atoms. The minimum atomic E-state index is 0.150. The summed E-state index contributed by atoms with van der Waals surface area (Å²) in [5, 5.41) is 3.65. The van der Waals surface area contributed by atoms with Gasteiger partial charge in [0.1, 0.15) is 5.82 Å². The van der Waals surface area contributed by atoms with Gasteiger partial charge in [-0.05, 0) is 63.1 Å². The lowest BCUT2D eigenvalue weighted by molar-refractivity contribution is 0.0705. The number of carbonyl (C=O) groups excluding carboxylic acids is 1. The highest BCUT2D eigenvalue weighted by molar-refractivity contribution is 5.94. The summed E-state index contributed by atoms with van der Waals surface area (Å²) in [7, 11) is 0. The van der Waals surface area contributed by atoms with Crippen molar-refractivity contribution in [3.8, 4) is 0 Å². The molecule has 0 spiro atoms. The van der Waals surface area contributed by atoms with E-state index in [9.17, 15) is 4.79 Å². The number of aromatic nitrogens is 2. The van der Waals surface area contributed by atoms with E-state index in [1.54, 1.807) is 0 Å². The molecule has 1 amide bonds. The lowest BCUT2D eigenvalue weighted by Crippen LogP contribution is -2.45. The van der Waals surface area contributed by atoms with Crippen molar-refractivity contribution in [2.45, 2.75) is 57.9 Å². The van der Waals surface area contributed by atoms with Crippen molar-refractivity contribution in [2.24, 2.45) is 0 Å². The van der Waals surface area contributed by atoms with Crippen LogP contribution < -0.4 is 5.32 Å². The van der Waals surface area contributed by atoms with E-state index < -0.39 is 0 Å². The average Bonchev–Trinajstić information content (AvgIpc) is 2.74. The van der Waals surface area contributed by atoms with Gasteiger partial charge in [0.05, 0.1) is 0 Å². The molecule has 1 fully saturated rings. The Kier molecular flexibility index (Phi) is 6.01. The van der Waals surface area contributed by atoms with Crippen molar-refractivity contribution in [1.29, 1.82) is 0 Å². The Morgan fingerprint density at radius 2 is 1.86 bits per heavy atom. The molecule has 1 aliphatic carbocycles. The molecular weight excluding hydrogens is 348 g/mol. The van der Waals surface area contributed by atoms with Crippen molar-refractivity contribution in [3.63, 3.8) is 0 Å². The molecule has 2 aromatic rings. The molecule has 1 aromatic heterocycles. The zero-order valence-electron chi connectivity index (χ0n) is 16.8. The second-order valence-corrected chi connectivity index (χ2v) is 7.99. The number of hydrogen-bond donors (Lipinski definition) is 1. The normalized spacial score (nSPS) is 17.4. The van der Waals surface area contributed by atoms with Crippen molar-refractivity contribution >= 4 is 5.91 Å². The maximum Gasteiger partial charge on any atom is 0.253 e. The molecular formula is C23H30N4O. The second kappa shape index (κ2) is 8.82. The molecule has 1 aliphatic heterocycles. The average molecular weight is 379 g/mol. The van der Waals surface area contributed by atoms with E-state index >= 15 is 0 Å². The molecule has 0 unspecified atom stereocenters. The molecule has 2 aliphatic rings. The SMILES string of the molecule is Cc1nc(CCNC2CCN(C(=O)c3ccccc3)CC2)nc2c1CCCC2. The van der Waals surface area contributed by atoms with Gasteiger partial charge in [-0.15, -0.1) is 0 Å². The van der Waals surface area contributed by atoms with Crippen LogP contribution in [-0.2, 0) is 19.3 Å². The summed E-state index contributed by atoms with van der Waals surface area (Å²) < 4.78 is 0. The zero-order chi connectivity index (χ0) is 19.3. The number of nitrogens with zero attached hydrogens (tertiary/aromatic N) is 3. The third kappa shape index (κ3) is 4.41. The molecule has 4 rings (SSSR count). The fourth-order valence-electron chi connectivity index (χ4n) is 4.39. The van der Waals surface area contributed by atoms with E-state index in [0.29, 0.717) is 6.04 Å². The van der Waals surface area contributed by atoms with Crippen LogP contribution in [0.4, 0.5) is 0 Å². The maximum atomic E-state index is 12.5. The molecule has 1 N–H and O–H groups in total. The highest BCUT2D eigenvalue weighted by Crippen LogP contribution is 2.21. The Hall–Kier alpha value is -2.27. The van der Waals surface area contributed by atoms with Gasteiger partial charge in [0.15, 0.2) is 0 Å². The number of amides is 1. The number of rotatable bonds is 5. The topological polar surface area (TPSA) is 58.1 Å². The molecule has 0 atom stereocenters. The summed E-state index contributed by atoms with van der Waals surface area (Å²) in [5.74, 6) is 1.12. The molecule has 148 valence electrons. The van der Waals surface area contributed by atoms with E-state index in [-0.39, 0.29) is 5.91 Å². The van der Waals surface area contributed by atoms with E-state index in [2.05, 4.69) is 12.2 Å².